The van der Waals surface area contributed by atoms with Crippen molar-refractivity contribution in [1.29, 1.82) is 0 Å². The predicted molar refractivity (Wildman–Crippen MR) is 93.5 cm³/mol. The van der Waals surface area contributed by atoms with Gasteiger partial charge in [0.2, 0.25) is 0 Å². The molecule has 5 heteroatoms. The second kappa shape index (κ2) is 5.39. The highest BCUT2D eigenvalue weighted by molar-refractivity contribution is 9.10. The summed E-state index contributed by atoms with van der Waals surface area (Å²) >= 11 is 5.25. The first kappa shape index (κ1) is 14.3. The Labute approximate surface area is 142 Å². The van der Waals surface area contributed by atoms with Crippen LogP contribution < -0.4 is 10.6 Å². The summed E-state index contributed by atoms with van der Waals surface area (Å²) in [5.41, 5.74) is 3.22. The van der Waals surface area contributed by atoms with Gasteiger partial charge in [0, 0.05) is 9.35 Å². The minimum Gasteiger partial charge on any atom is -0.353 e. The van der Waals surface area contributed by atoms with E-state index >= 15 is 0 Å². The van der Waals surface area contributed by atoms with Gasteiger partial charge >= 0.3 is 0 Å². The molecule has 2 aliphatic rings. The first-order valence-corrected chi connectivity index (χ1v) is 9.20. The van der Waals surface area contributed by atoms with Crippen molar-refractivity contribution in [2.45, 2.75) is 32.4 Å². The summed E-state index contributed by atoms with van der Waals surface area (Å²) in [6.45, 7) is 2.29. The zero-order valence-corrected chi connectivity index (χ0v) is 14.7. The Balaban J connectivity index is 1.71. The van der Waals surface area contributed by atoms with Gasteiger partial charge in [-0.1, -0.05) is 35.0 Å². The minimum absolute atomic E-state index is 0.0609. The van der Waals surface area contributed by atoms with Crippen molar-refractivity contribution in [1.82, 2.24) is 5.32 Å². The average Bonchev–Trinajstić information content (AvgIpc) is 2.84. The molecular formula is C17H17BrN2OS. The van der Waals surface area contributed by atoms with E-state index in [0.717, 1.165) is 39.4 Å². The third kappa shape index (κ3) is 2.36. The number of nitrogens with one attached hydrogen (secondary N) is 2. The summed E-state index contributed by atoms with van der Waals surface area (Å²) in [6.07, 6.45) is 3.15. The topological polar surface area (TPSA) is 41.1 Å². The molecule has 1 aromatic carbocycles. The molecular weight excluding hydrogens is 360 g/mol. The van der Waals surface area contributed by atoms with E-state index in [1.54, 1.807) is 11.3 Å². The minimum atomic E-state index is -0.157. The van der Waals surface area contributed by atoms with Crippen LogP contribution in [0.15, 0.2) is 28.7 Å². The predicted octanol–water partition coefficient (Wildman–Crippen LogP) is 4.49. The quantitative estimate of drug-likeness (QED) is 0.769. The molecule has 114 valence electrons. The number of hydrogen-bond donors (Lipinski definition) is 2. The standard InChI is InChI=1S/C17H17BrN2OS/c1-9-5-6-12-13(7-9)22-17-14(12)16(21)19-15(20-17)10-3-2-4-11(18)8-10/h2-4,8-9,15,20H,5-7H2,1H3,(H,19,21). The second-order valence-corrected chi connectivity index (χ2v) is 8.18. The van der Waals surface area contributed by atoms with Gasteiger partial charge in [-0.15, -0.1) is 11.3 Å². The number of thiophene rings is 1. The zero-order valence-electron chi connectivity index (χ0n) is 12.3. The van der Waals surface area contributed by atoms with Crippen LogP contribution in [0.4, 0.5) is 5.00 Å². The molecule has 2 heterocycles. The van der Waals surface area contributed by atoms with Crippen molar-refractivity contribution in [3.8, 4) is 0 Å². The number of hydrogen-bond acceptors (Lipinski definition) is 3. The Morgan fingerprint density at radius 2 is 2.18 bits per heavy atom. The van der Waals surface area contributed by atoms with Gasteiger partial charge in [0.05, 0.1) is 5.56 Å². The van der Waals surface area contributed by atoms with E-state index in [0.29, 0.717) is 0 Å². The van der Waals surface area contributed by atoms with Gasteiger partial charge in [-0.3, -0.25) is 4.79 Å². The highest BCUT2D eigenvalue weighted by atomic mass is 79.9. The summed E-state index contributed by atoms with van der Waals surface area (Å²) in [5, 5.41) is 7.64. The maximum Gasteiger partial charge on any atom is 0.256 e. The number of fused-ring (bicyclic) bond motifs is 3. The molecule has 2 atom stereocenters. The summed E-state index contributed by atoms with van der Waals surface area (Å²) in [5.74, 6) is 0.780. The molecule has 0 saturated heterocycles. The molecule has 0 fully saturated rings. The molecule has 22 heavy (non-hydrogen) atoms. The average molecular weight is 377 g/mol. The van der Waals surface area contributed by atoms with Gasteiger partial charge in [-0.05, 0) is 48.4 Å². The van der Waals surface area contributed by atoms with Crippen molar-refractivity contribution in [2.75, 3.05) is 5.32 Å². The monoisotopic (exact) mass is 376 g/mol. The number of benzene rings is 1. The lowest BCUT2D eigenvalue weighted by molar-refractivity contribution is 0.0935. The number of rotatable bonds is 1. The van der Waals surface area contributed by atoms with Crippen LogP contribution in [0.25, 0.3) is 0 Å². The molecule has 1 aromatic heterocycles. The molecule has 2 unspecified atom stereocenters. The Morgan fingerprint density at radius 1 is 1.32 bits per heavy atom. The molecule has 0 saturated carbocycles. The Kier molecular flexibility index (Phi) is 3.50. The third-order valence-corrected chi connectivity index (χ3v) is 6.15. The van der Waals surface area contributed by atoms with E-state index in [4.69, 9.17) is 0 Å². The van der Waals surface area contributed by atoms with Crippen molar-refractivity contribution in [2.24, 2.45) is 5.92 Å². The summed E-state index contributed by atoms with van der Waals surface area (Å²) < 4.78 is 1.02. The fourth-order valence-corrected chi connectivity index (χ4v) is 5.17. The fraction of sp³-hybridized carbons (Fsp3) is 0.353. The van der Waals surface area contributed by atoms with Crippen LogP contribution in [0.1, 0.15) is 45.9 Å². The number of halogens is 1. The van der Waals surface area contributed by atoms with Gasteiger partial charge in [-0.25, -0.2) is 0 Å². The third-order valence-electron chi connectivity index (χ3n) is 4.47. The maximum atomic E-state index is 12.6. The Hall–Kier alpha value is -1.33. The number of carbonyl (C=O) groups is 1. The van der Waals surface area contributed by atoms with Gasteiger partial charge in [0.15, 0.2) is 0 Å². The van der Waals surface area contributed by atoms with Gasteiger partial charge in [0.1, 0.15) is 11.2 Å². The lowest BCUT2D eigenvalue weighted by Crippen LogP contribution is -2.38. The highest BCUT2D eigenvalue weighted by Crippen LogP contribution is 2.42. The van der Waals surface area contributed by atoms with Crippen LogP contribution in [0.5, 0.6) is 0 Å². The Morgan fingerprint density at radius 3 is 3.00 bits per heavy atom. The number of carbonyl (C=O) groups excluding carboxylic acids is 1. The second-order valence-electron chi connectivity index (χ2n) is 6.16. The zero-order chi connectivity index (χ0) is 15.3. The van der Waals surface area contributed by atoms with Crippen LogP contribution in [0.3, 0.4) is 0 Å². The smallest absolute Gasteiger partial charge is 0.256 e. The molecule has 2 aromatic rings. The highest BCUT2D eigenvalue weighted by Gasteiger charge is 2.32. The summed E-state index contributed by atoms with van der Waals surface area (Å²) in [4.78, 5) is 14.0. The molecule has 4 rings (SSSR count). The molecule has 0 spiro atoms. The van der Waals surface area contributed by atoms with Crippen LogP contribution >= 0.6 is 27.3 Å². The van der Waals surface area contributed by atoms with Crippen molar-refractivity contribution in [3.05, 3.63) is 50.3 Å². The molecule has 1 amide bonds. The first-order chi connectivity index (χ1) is 10.6. The van der Waals surface area contributed by atoms with Gasteiger partial charge in [0.25, 0.3) is 5.91 Å². The largest absolute Gasteiger partial charge is 0.353 e. The normalized spacial score (nSPS) is 23.3. The van der Waals surface area contributed by atoms with Crippen molar-refractivity contribution < 1.29 is 4.79 Å². The van der Waals surface area contributed by atoms with E-state index in [1.807, 2.05) is 24.3 Å². The van der Waals surface area contributed by atoms with Crippen molar-refractivity contribution >= 4 is 38.2 Å². The van der Waals surface area contributed by atoms with E-state index in [2.05, 4.69) is 33.5 Å². The molecule has 1 aliphatic carbocycles. The van der Waals surface area contributed by atoms with Gasteiger partial charge < -0.3 is 10.6 Å². The van der Waals surface area contributed by atoms with Crippen molar-refractivity contribution in [3.63, 3.8) is 0 Å². The summed E-state index contributed by atoms with van der Waals surface area (Å²) in [7, 11) is 0. The lowest BCUT2D eigenvalue weighted by atomic mass is 9.88. The molecule has 1 aliphatic heterocycles. The van der Waals surface area contributed by atoms with Crippen LogP contribution in [-0.4, -0.2) is 5.91 Å². The molecule has 3 nitrogen and oxygen atoms in total. The molecule has 0 radical (unpaired) electrons. The van der Waals surface area contributed by atoms with E-state index < -0.39 is 0 Å². The molecule has 0 bridgehead atoms. The lowest BCUT2D eigenvalue weighted by Gasteiger charge is -2.27. The van der Waals surface area contributed by atoms with Crippen LogP contribution in [0, 0.1) is 5.92 Å². The van der Waals surface area contributed by atoms with Crippen LogP contribution in [-0.2, 0) is 12.8 Å². The summed E-state index contributed by atoms with van der Waals surface area (Å²) in [6, 6.07) is 8.05. The molecule has 2 N–H and O–H groups in total. The number of amides is 1. The van der Waals surface area contributed by atoms with Gasteiger partial charge in [-0.2, -0.15) is 0 Å². The van der Waals surface area contributed by atoms with E-state index in [1.165, 1.54) is 16.9 Å². The van der Waals surface area contributed by atoms with Crippen LogP contribution in [0.2, 0.25) is 0 Å². The van der Waals surface area contributed by atoms with E-state index in [-0.39, 0.29) is 12.1 Å². The fourth-order valence-electron chi connectivity index (χ4n) is 3.32. The van der Waals surface area contributed by atoms with E-state index in [9.17, 15) is 4.79 Å². The first-order valence-electron chi connectivity index (χ1n) is 7.59. The number of anilines is 1. The Bertz CT molecular complexity index is 755. The maximum absolute atomic E-state index is 12.6. The SMILES string of the molecule is CC1CCc2c(sc3c2C(=O)NC(c2cccc(Br)c2)N3)C1.